The van der Waals surface area contributed by atoms with Crippen molar-refractivity contribution in [1.82, 2.24) is 0 Å². The summed E-state index contributed by atoms with van der Waals surface area (Å²) in [5.41, 5.74) is 1.70. The number of hydrogen-bond donors (Lipinski definition) is 0. The van der Waals surface area contributed by atoms with Crippen LogP contribution in [0.2, 0.25) is 0 Å². The summed E-state index contributed by atoms with van der Waals surface area (Å²) in [7, 11) is 0. The molecule has 0 aliphatic heterocycles. The lowest BCUT2D eigenvalue weighted by Crippen LogP contribution is -1.75. The summed E-state index contributed by atoms with van der Waals surface area (Å²) in [6.07, 6.45) is 1.36. The molecule has 0 radical (unpaired) electrons. The second kappa shape index (κ2) is 3.23. The molecule has 0 spiro atoms. The van der Waals surface area contributed by atoms with Crippen LogP contribution in [0.15, 0.2) is 36.2 Å². The molecule has 0 aromatic rings. The number of allylic oxidation sites excluding steroid dienone is 4. The van der Waals surface area contributed by atoms with E-state index in [1.807, 2.05) is 6.92 Å². The van der Waals surface area contributed by atoms with Crippen molar-refractivity contribution in [3.63, 3.8) is 0 Å². The van der Waals surface area contributed by atoms with Gasteiger partial charge in [-0.1, -0.05) is 18.7 Å². The Hall–Kier alpha value is -0.850. The first kappa shape index (κ1) is 8.15. The number of rotatable bonds is 2. The van der Waals surface area contributed by atoms with E-state index in [9.17, 15) is 4.39 Å². The van der Waals surface area contributed by atoms with Gasteiger partial charge in [-0.25, -0.2) is 4.39 Å². The maximum Gasteiger partial charge on any atom is 0.116 e. The average molecular weight is 126 g/mol. The highest BCUT2D eigenvalue weighted by molar-refractivity contribution is 5.28. The van der Waals surface area contributed by atoms with E-state index in [0.717, 1.165) is 11.1 Å². The largest absolute Gasteiger partial charge is 0.208 e. The highest BCUT2D eigenvalue weighted by Crippen LogP contribution is 2.08. The third-order valence-corrected chi connectivity index (χ3v) is 1.05. The van der Waals surface area contributed by atoms with Gasteiger partial charge in [0.15, 0.2) is 0 Å². The molecule has 0 aliphatic rings. The van der Waals surface area contributed by atoms with Gasteiger partial charge in [-0.15, -0.1) is 0 Å². The van der Waals surface area contributed by atoms with Gasteiger partial charge in [0.05, 0.1) is 0 Å². The molecule has 0 N–H and O–H groups in total. The van der Waals surface area contributed by atoms with Crippen LogP contribution < -0.4 is 0 Å². The second-order valence-electron chi connectivity index (χ2n) is 2.05. The summed E-state index contributed by atoms with van der Waals surface area (Å²) in [5, 5.41) is 0. The quantitative estimate of drug-likeness (QED) is 0.499. The van der Waals surface area contributed by atoms with Gasteiger partial charge in [0.25, 0.3) is 0 Å². The van der Waals surface area contributed by atoms with E-state index in [2.05, 4.69) is 13.2 Å². The molecule has 1 heteroatoms. The standard InChI is InChI=1S/C8H11F/c1-6(2)7(3)5-8(4)9/h5H,1,4H2,2-3H3/b7-5-. The summed E-state index contributed by atoms with van der Waals surface area (Å²) in [5.74, 6) is -0.421. The molecule has 0 amide bonds. The molecule has 0 nitrogen and oxygen atoms in total. The molecule has 0 saturated carbocycles. The van der Waals surface area contributed by atoms with Gasteiger partial charge in [0.2, 0.25) is 0 Å². The Kier molecular flexibility index (Phi) is 2.93. The van der Waals surface area contributed by atoms with Gasteiger partial charge >= 0.3 is 0 Å². The third-order valence-electron chi connectivity index (χ3n) is 1.05. The monoisotopic (exact) mass is 126 g/mol. The molecular weight excluding hydrogens is 115 g/mol. The predicted octanol–water partition coefficient (Wildman–Crippen LogP) is 2.99. The van der Waals surface area contributed by atoms with Gasteiger partial charge in [0, 0.05) is 0 Å². The Balaban J connectivity index is 4.17. The topological polar surface area (TPSA) is 0 Å². The highest BCUT2D eigenvalue weighted by atomic mass is 19.1. The first-order chi connectivity index (χ1) is 4.04. The fourth-order valence-electron chi connectivity index (χ4n) is 0.358. The third kappa shape index (κ3) is 3.71. The summed E-state index contributed by atoms with van der Waals surface area (Å²) < 4.78 is 12.0. The fraction of sp³-hybridized carbons (Fsp3) is 0.250. The number of halogens is 1. The lowest BCUT2D eigenvalue weighted by atomic mass is 10.1. The van der Waals surface area contributed by atoms with Crippen molar-refractivity contribution in [2.75, 3.05) is 0 Å². The van der Waals surface area contributed by atoms with Crippen molar-refractivity contribution < 1.29 is 4.39 Å². The van der Waals surface area contributed by atoms with Crippen LogP contribution in [-0.2, 0) is 0 Å². The Labute approximate surface area is 55.4 Å². The van der Waals surface area contributed by atoms with E-state index in [1.165, 1.54) is 6.08 Å². The molecule has 0 unspecified atom stereocenters. The van der Waals surface area contributed by atoms with E-state index in [1.54, 1.807) is 6.92 Å². The summed E-state index contributed by atoms with van der Waals surface area (Å²) >= 11 is 0. The molecule has 0 heterocycles. The van der Waals surface area contributed by atoms with Gasteiger partial charge in [-0.3, -0.25) is 0 Å². The fourth-order valence-corrected chi connectivity index (χ4v) is 0.358. The van der Waals surface area contributed by atoms with Crippen molar-refractivity contribution in [3.05, 3.63) is 36.2 Å². The van der Waals surface area contributed by atoms with E-state index in [4.69, 9.17) is 0 Å². The Morgan fingerprint density at radius 3 is 1.89 bits per heavy atom. The Bertz CT molecular complexity index is 163. The zero-order valence-corrected chi connectivity index (χ0v) is 5.87. The Morgan fingerprint density at radius 1 is 1.33 bits per heavy atom. The van der Waals surface area contributed by atoms with E-state index in [0.29, 0.717) is 0 Å². The van der Waals surface area contributed by atoms with Crippen molar-refractivity contribution >= 4 is 0 Å². The Morgan fingerprint density at radius 2 is 1.78 bits per heavy atom. The van der Waals surface area contributed by atoms with Gasteiger partial charge in [-0.2, -0.15) is 0 Å². The van der Waals surface area contributed by atoms with Crippen LogP contribution in [0.5, 0.6) is 0 Å². The van der Waals surface area contributed by atoms with Crippen LogP contribution in [0.3, 0.4) is 0 Å². The first-order valence-electron chi connectivity index (χ1n) is 2.72. The van der Waals surface area contributed by atoms with Gasteiger partial charge in [-0.05, 0) is 25.5 Å². The molecule has 0 aromatic heterocycles. The summed E-state index contributed by atoms with van der Waals surface area (Å²) in [6.45, 7) is 10.4. The van der Waals surface area contributed by atoms with Crippen LogP contribution in [0, 0.1) is 0 Å². The van der Waals surface area contributed by atoms with E-state index < -0.39 is 5.83 Å². The zero-order chi connectivity index (χ0) is 7.44. The number of hydrogen-bond acceptors (Lipinski definition) is 0. The lowest BCUT2D eigenvalue weighted by molar-refractivity contribution is 0.670. The minimum absolute atomic E-state index is 0.421. The van der Waals surface area contributed by atoms with Crippen LogP contribution in [-0.4, -0.2) is 0 Å². The maximum absolute atomic E-state index is 12.0. The van der Waals surface area contributed by atoms with Crippen LogP contribution in [0.25, 0.3) is 0 Å². The molecular formula is C8H11F. The summed E-state index contributed by atoms with van der Waals surface area (Å²) in [4.78, 5) is 0. The first-order valence-corrected chi connectivity index (χ1v) is 2.72. The highest BCUT2D eigenvalue weighted by Gasteiger charge is 1.88. The van der Waals surface area contributed by atoms with Crippen LogP contribution in [0.4, 0.5) is 4.39 Å². The SMILES string of the molecule is C=C(F)/C=C(/C)C(=C)C. The van der Waals surface area contributed by atoms with Crippen molar-refractivity contribution in [2.45, 2.75) is 13.8 Å². The normalized spacial score (nSPS) is 11.2. The lowest BCUT2D eigenvalue weighted by Gasteiger charge is -1.94. The van der Waals surface area contributed by atoms with Crippen LogP contribution >= 0.6 is 0 Å². The molecule has 0 aliphatic carbocycles. The smallest absolute Gasteiger partial charge is 0.116 e. The zero-order valence-electron chi connectivity index (χ0n) is 5.87. The predicted molar refractivity (Wildman–Crippen MR) is 38.8 cm³/mol. The van der Waals surface area contributed by atoms with E-state index in [-0.39, 0.29) is 0 Å². The molecule has 0 rings (SSSR count). The molecule has 50 valence electrons. The van der Waals surface area contributed by atoms with Crippen molar-refractivity contribution in [1.29, 1.82) is 0 Å². The molecule has 0 aromatic carbocycles. The van der Waals surface area contributed by atoms with Crippen molar-refractivity contribution in [3.8, 4) is 0 Å². The molecule has 0 saturated heterocycles. The molecule has 9 heavy (non-hydrogen) atoms. The minimum Gasteiger partial charge on any atom is -0.208 e. The van der Waals surface area contributed by atoms with E-state index >= 15 is 0 Å². The molecule has 0 atom stereocenters. The van der Waals surface area contributed by atoms with Gasteiger partial charge < -0.3 is 0 Å². The minimum atomic E-state index is -0.421. The maximum atomic E-state index is 12.0. The molecule has 0 bridgehead atoms. The summed E-state index contributed by atoms with van der Waals surface area (Å²) in [6, 6.07) is 0. The van der Waals surface area contributed by atoms with Gasteiger partial charge in [0.1, 0.15) is 5.83 Å². The van der Waals surface area contributed by atoms with Crippen LogP contribution in [0.1, 0.15) is 13.8 Å². The second-order valence-corrected chi connectivity index (χ2v) is 2.05. The average Bonchev–Trinajstić information content (AvgIpc) is 1.63. The van der Waals surface area contributed by atoms with Crippen molar-refractivity contribution in [2.24, 2.45) is 0 Å². The molecule has 0 fully saturated rings.